The van der Waals surface area contributed by atoms with E-state index in [9.17, 15) is 18.0 Å². The van der Waals surface area contributed by atoms with Gasteiger partial charge >= 0.3 is 12.4 Å². The van der Waals surface area contributed by atoms with Crippen LogP contribution in [0.3, 0.4) is 0 Å². The van der Waals surface area contributed by atoms with E-state index >= 15 is 0 Å². The molecular formula is C18H23F3N2O2. The van der Waals surface area contributed by atoms with Crippen LogP contribution in [0.15, 0.2) is 24.3 Å². The van der Waals surface area contributed by atoms with Crippen LogP contribution in [-0.4, -0.2) is 17.9 Å². The molecule has 0 saturated heterocycles. The molecule has 1 aromatic carbocycles. The van der Waals surface area contributed by atoms with Crippen LogP contribution in [0, 0.1) is 11.3 Å². The van der Waals surface area contributed by atoms with E-state index in [2.05, 4.69) is 29.2 Å². The second kappa shape index (κ2) is 5.81. The van der Waals surface area contributed by atoms with Gasteiger partial charge in [0, 0.05) is 5.54 Å². The van der Waals surface area contributed by atoms with E-state index < -0.39 is 12.4 Å². The highest BCUT2D eigenvalue weighted by Crippen LogP contribution is 2.70. The fourth-order valence-corrected chi connectivity index (χ4v) is 4.15. The first-order valence-electron chi connectivity index (χ1n) is 8.47. The van der Waals surface area contributed by atoms with Crippen molar-refractivity contribution in [2.75, 3.05) is 0 Å². The highest BCUT2D eigenvalue weighted by Gasteiger charge is 2.69. The van der Waals surface area contributed by atoms with Gasteiger partial charge in [-0.3, -0.25) is 0 Å². The van der Waals surface area contributed by atoms with Crippen molar-refractivity contribution >= 4 is 6.03 Å². The van der Waals surface area contributed by atoms with Crippen LogP contribution in [0.5, 0.6) is 5.75 Å². The fraction of sp³-hybridized carbons (Fsp3) is 0.611. The molecule has 1 aromatic rings. The molecule has 0 aromatic heterocycles. The van der Waals surface area contributed by atoms with E-state index in [1.54, 1.807) is 13.0 Å². The highest BCUT2D eigenvalue weighted by molar-refractivity contribution is 5.76. The Kier molecular flexibility index (Phi) is 4.16. The summed E-state index contributed by atoms with van der Waals surface area (Å²) in [6.07, 6.45) is -1.71. The van der Waals surface area contributed by atoms with E-state index in [1.807, 2.05) is 0 Å². The second-order valence-electron chi connectivity index (χ2n) is 7.77. The van der Waals surface area contributed by atoms with Crippen molar-refractivity contribution in [1.29, 1.82) is 0 Å². The van der Waals surface area contributed by atoms with Gasteiger partial charge in [-0.1, -0.05) is 26.0 Å². The Hall–Kier alpha value is -1.92. The van der Waals surface area contributed by atoms with Gasteiger partial charge in [0.05, 0.1) is 6.04 Å². The summed E-state index contributed by atoms with van der Waals surface area (Å²) in [4.78, 5) is 12.2. The van der Waals surface area contributed by atoms with Crippen molar-refractivity contribution < 1.29 is 22.7 Å². The number of hydrogen-bond acceptors (Lipinski definition) is 2. The molecule has 3 fully saturated rings. The molecule has 0 aliphatic heterocycles. The Morgan fingerprint density at radius 1 is 1.20 bits per heavy atom. The van der Waals surface area contributed by atoms with Crippen molar-refractivity contribution in [1.82, 2.24) is 10.6 Å². The zero-order chi connectivity index (χ0) is 18.5. The molecule has 0 unspecified atom stereocenters. The molecule has 1 atom stereocenters. The monoisotopic (exact) mass is 356 g/mol. The lowest BCUT2D eigenvalue weighted by Gasteiger charge is -2.72. The number of nitrogens with one attached hydrogen (secondary N) is 2. The van der Waals surface area contributed by atoms with Crippen molar-refractivity contribution in [3.05, 3.63) is 29.8 Å². The summed E-state index contributed by atoms with van der Waals surface area (Å²) in [5.41, 5.74) is 0.852. The van der Waals surface area contributed by atoms with Gasteiger partial charge in [-0.15, -0.1) is 13.2 Å². The molecule has 2 bridgehead atoms. The Balaban J connectivity index is 1.53. The molecule has 3 aliphatic rings. The smallest absolute Gasteiger partial charge is 0.406 e. The SMILES string of the molecule is CC(C)C12CC(NC(=O)N[C@@H](C)c3cccc(OC(F)(F)F)c3)(C1)C2. The first-order chi connectivity index (χ1) is 11.5. The molecular weight excluding hydrogens is 333 g/mol. The molecule has 4 rings (SSSR count). The minimum absolute atomic E-state index is 0.0880. The zero-order valence-electron chi connectivity index (χ0n) is 14.5. The average molecular weight is 356 g/mol. The van der Waals surface area contributed by atoms with Gasteiger partial charge in [0.1, 0.15) is 5.75 Å². The molecule has 4 nitrogen and oxygen atoms in total. The van der Waals surface area contributed by atoms with E-state index in [4.69, 9.17) is 0 Å². The third kappa shape index (κ3) is 3.55. The normalized spacial score (nSPS) is 28.6. The van der Waals surface area contributed by atoms with Crippen molar-refractivity contribution in [3.63, 3.8) is 0 Å². The summed E-state index contributed by atoms with van der Waals surface area (Å²) < 4.78 is 40.8. The number of amides is 2. The lowest BCUT2D eigenvalue weighted by atomic mass is 9.36. The van der Waals surface area contributed by atoms with Crippen LogP contribution in [0.4, 0.5) is 18.0 Å². The van der Waals surface area contributed by atoms with E-state index in [0.29, 0.717) is 16.9 Å². The molecule has 0 heterocycles. The Labute approximate surface area is 145 Å². The van der Waals surface area contributed by atoms with Gasteiger partial charge in [-0.05, 0) is 55.2 Å². The minimum Gasteiger partial charge on any atom is -0.406 e. The standard InChI is InChI=1S/C18H23F3N2O2/c1-11(2)16-8-17(9-16,10-16)23-15(24)22-12(3)13-5-4-6-14(7-13)25-18(19,20)21/h4-7,11-12H,8-10H2,1-3H3,(H2,22,23,24)/t12-,16?,17?/m0/s1. The Morgan fingerprint density at radius 2 is 1.84 bits per heavy atom. The van der Waals surface area contributed by atoms with E-state index in [0.717, 1.165) is 19.3 Å². The molecule has 0 spiro atoms. The number of halogens is 3. The highest BCUT2D eigenvalue weighted by atomic mass is 19.4. The fourth-order valence-electron chi connectivity index (χ4n) is 4.15. The number of alkyl halides is 3. The van der Waals surface area contributed by atoms with Crippen LogP contribution in [0.2, 0.25) is 0 Å². The van der Waals surface area contributed by atoms with Gasteiger partial charge in [0.2, 0.25) is 0 Å². The number of carbonyl (C=O) groups excluding carboxylic acids is 1. The summed E-state index contributed by atoms with van der Waals surface area (Å²) >= 11 is 0. The Morgan fingerprint density at radius 3 is 2.40 bits per heavy atom. The van der Waals surface area contributed by atoms with Crippen molar-refractivity contribution in [2.24, 2.45) is 11.3 Å². The quantitative estimate of drug-likeness (QED) is 0.815. The number of rotatable bonds is 5. The van der Waals surface area contributed by atoms with Gasteiger partial charge in [-0.2, -0.15) is 0 Å². The molecule has 2 amide bonds. The number of urea groups is 1. The predicted octanol–water partition coefficient (Wildman–Crippen LogP) is 4.52. The maximum absolute atomic E-state index is 12.3. The zero-order valence-corrected chi connectivity index (χ0v) is 14.5. The van der Waals surface area contributed by atoms with Gasteiger partial charge in [-0.25, -0.2) is 4.79 Å². The van der Waals surface area contributed by atoms with Crippen LogP contribution < -0.4 is 15.4 Å². The second-order valence-corrected chi connectivity index (χ2v) is 7.77. The van der Waals surface area contributed by atoms with Crippen molar-refractivity contribution in [3.8, 4) is 5.75 Å². The first-order valence-corrected chi connectivity index (χ1v) is 8.47. The number of benzene rings is 1. The van der Waals surface area contributed by atoms with Crippen LogP contribution in [0.25, 0.3) is 0 Å². The molecule has 3 saturated carbocycles. The number of carbonyl (C=O) groups is 1. The molecule has 25 heavy (non-hydrogen) atoms. The molecule has 2 N–H and O–H groups in total. The topological polar surface area (TPSA) is 50.4 Å². The molecule has 7 heteroatoms. The largest absolute Gasteiger partial charge is 0.573 e. The van der Waals surface area contributed by atoms with Crippen LogP contribution in [0.1, 0.15) is 51.6 Å². The summed E-state index contributed by atoms with van der Waals surface area (Å²) in [6.45, 7) is 6.15. The van der Waals surface area contributed by atoms with E-state index in [1.165, 1.54) is 18.2 Å². The van der Waals surface area contributed by atoms with Crippen molar-refractivity contribution in [2.45, 2.75) is 58.0 Å². The van der Waals surface area contributed by atoms with Gasteiger partial charge in [0.25, 0.3) is 0 Å². The summed E-state index contributed by atoms with van der Waals surface area (Å²) in [7, 11) is 0. The maximum atomic E-state index is 12.3. The summed E-state index contributed by atoms with van der Waals surface area (Å²) in [5, 5.41) is 5.82. The lowest BCUT2D eigenvalue weighted by molar-refractivity contribution is -0.274. The Bertz CT molecular complexity index is 653. The maximum Gasteiger partial charge on any atom is 0.573 e. The van der Waals surface area contributed by atoms with Gasteiger partial charge < -0.3 is 15.4 Å². The minimum atomic E-state index is -4.73. The molecule has 0 radical (unpaired) electrons. The first kappa shape index (κ1) is 17.9. The molecule has 3 aliphatic carbocycles. The summed E-state index contributed by atoms with van der Waals surface area (Å²) in [6, 6.07) is 4.93. The van der Waals surface area contributed by atoms with Crippen LogP contribution in [-0.2, 0) is 0 Å². The summed E-state index contributed by atoms with van der Waals surface area (Å²) in [5.74, 6) is 0.326. The van der Waals surface area contributed by atoms with Gasteiger partial charge in [0.15, 0.2) is 0 Å². The third-order valence-electron chi connectivity index (χ3n) is 5.61. The molecule has 138 valence electrons. The average Bonchev–Trinajstić information content (AvgIpc) is 2.39. The van der Waals surface area contributed by atoms with E-state index in [-0.39, 0.29) is 17.3 Å². The number of hydrogen-bond donors (Lipinski definition) is 2. The van der Waals surface area contributed by atoms with Crippen LogP contribution >= 0.6 is 0 Å². The predicted molar refractivity (Wildman–Crippen MR) is 87.1 cm³/mol. The lowest BCUT2D eigenvalue weighted by Crippen LogP contribution is -2.76. The number of ether oxygens (including phenoxy) is 1. The third-order valence-corrected chi connectivity index (χ3v) is 5.61.